The van der Waals surface area contributed by atoms with Crippen molar-refractivity contribution < 1.29 is 14.7 Å². The molecule has 1 aliphatic heterocycles. The number of carbonyl (C=O) groups is 2. The van der Waals surface area contributed by atoms with E-state index < -0.39 is 11.9 Å². The van der Waals surface area contributed by atoms with Crippen molar-refractivity contribution in [2.45, 2.75) is 19.8 Å². The summed E-state index contributed by atoms with van der Waals surface area (Å²) in [5, 5.41) is 11.5. The largest absolute Gasteiger partial charge is 0.481 e. The van der Waals surface area contributed by atoms with Crippen LogP contribution in [0.15, 0.2) is 12.2 Å². The fraction of sp³-hybridized carbons (Fsp3) is 0.636. The topological polar surface area (TPSA) is 69.6 Å². The highest BCUT2D eigenvalue weighted by atomic mass is 16.4. The summed E-state index contributed by atoms with van der Waals surface area (Å²) in [7, 11) is 0. The SMILES string of the molecule is C=C(CC)CNC(=O)N1CCC(C(=O)O)C1. The molecule has 0 spiro atoms. The fourth-order valence-corrected chi connectivity index (χ4v) is 1.58. The highest BCUT2D eigenvalue weighted by Gasteiger charge is 2.30. The first kappa shape index (κ1) is 12.5. The van der Waals surface area contributed by atoms with Crippen molar-refractivity contribution in [3.8, 4) is 0 Å². The van der Waals surface area contributed by atoms with Gasteiger partial charge in [0.1, 0.15) is 0 Å². The lowest BCUT2D eigenvalue weighted by Crippen LogP contribution is -2.39. The number of urea groups is 1. The summed E-state index contributed by atoms with van der Waals surface area (Å²) in [4.78, 5) is 23.9. The monoisotopic (exact) mass is 226 g/mol. The molecule has 2 N–H and O–H groups in total. The Bertz CT molecular complexity index is 302. The highest BCUT2D eigenvalue weighted by molar-refractivity contribution is 5.77. The van der Waals surface area contributed by atoms with E-state index in [0.717, 1.165) is 12.0 Å². The lowest BCUT2D eigenvalue weighted by atomic mass is 10.1. The maximum Gasteiger partial charge on any atom is 0.317 e. The molecule has 1 unspecified atom stereocenters. The van der Waals surface area contributed by atoms with E-state index in [1.807, 2.05) is 6.92 Å². The van der Waals surface area contributed by atoms with Gasteiger partial charge in [0.05, 0.1) is 5.92 Å². The van der Waals surface area contributed by atoms with Crippen LogP contribution in [0.3, 0.4) is 0 Å². The van der Waals surface area contributed by atoms with Crippen LogP contribution in [0.2, 0.25) is 0 Å². The molecule has 16 heavy (non-hydrogen) atoms. The van der Waals surface area contributed by atoms with Crippen molar-refractivity contribution in [2.75, 3.05) is 19.6 Å². The molecule has 5 heteroatoms. The van der Waals surface area contributed by atoms with Crippen LogP contribution in [-0.2, 0) is 4.79 Å². The summed E-state index contributed by atoms with van der Waals surface area (Å²) in [6.45, 7) is 7.05. The van der Waals surface area contributed by atoms with Crippen molar-refractivity contribution >= 4 is 12.0 Å². The van der Waals surface area contributed by atoms with Crippen LogP contribution >= 0.6 is 0 Å². The molecule has 90 valence electrons. The van der Waals surface area contributed by atoms with Crippen LogP contribution in [-0.4, -0.2) is 41.6 Å². The summed E-state index contributed by atoms with van der Waals surface area (Å²) in [5.74, 6) is -1.24. The van der Waals surface area contributed by atoms with Crippen molar-refractivity contribution in [1.29, 1.82) is 0 Å². The van der Waals surface area contributed by atoms with Gasteiger partial charge in [0.15, 0.2) is 0 Å². The van der Waals surface area contributed by atoms with Gasteiger partial charge in [-0.05, 0) is 12.8 Å². The van der Waals surface area contributed by atoms with Crippen molar-refractivity contribution in [3.05, 3.63) is 12.2 Å². The number of carbonyl (C=O) groups excluding carboxylic acids is 1. The number of nitrogens with zero attached hydrogens (tertiary/aromatic N) is 1. The van der Waals surface area contributed by atoms with Gasteiger partial charge in [0.25, 0.3) is 0 Å². The summed E-state index contributed by atoms with van der Waals surface area (Å²) in [6.07, 6.45) is 1.37. The predicted molar refractivity (Wildman–Crippen MR) is 60.1 cm³/mol. The number of likely N-dealkylation sites (tertiary alicyclic amines) is 1. The van der Waals surface area contributed by atoms with Crippen molar-refractivity contribution in [2.24, 2.45) is 5.92 Å². The minimum atomic E-state index is -0.826. The first-order valence-corrected chi connectivity index (χ1v) is 5.46. The van der Waals surface area contributed by atoms with Crippen LogP contribution in [0, 0.1) is 5.92 Å². The second-order valence-electron chi connectivity index (χ2n) is 4.03. The molecule has 1 atom stereocenters. The van der Waals surface area contributed by atoms with Gasteiger partial charge in [-0.25, -0.2) is 4.79 Å². The van der Waals surface area contributed by atoms with E-state index >= 15 is 0 Å². The van der Waals surface area contributed by atoms with Gasteiger partial charge in [0.2, 0.25) is 0 Å². The molecule has 0 aromatic rings. The van der Waals surface area contributed by atoms with E-state index in [-0.39, 0.29) is 6.03 Å². The second-order valence-corrected chi connectivity index (χ2v) is 4.03. The maximum atomic E-state index is 11.6. The van der Waals surface area contributed by atoms with Crippen LogP contribution in [0.25, 0.3) is 0 Å². The Morgan fingerprint density at radius 2 is 2.25 bits per heavy atom. The first-order chi connectivity index (χ1) is 7.54. The molecule has 0 aromatic carbocycles. The number of nitrogens with one attached hydrogen (secondary N) is 1. The number of aliphatic carboxylic acids is 1. The number of hydrogen-bond donors (Lipinski definition) is 2. The Hall–Kier alpha value is -1.52. The molecule has 0 saturated carbocycles. The fourth-order valence-electron chi connectivity index (χ4n) is 1.58. The third kappa shape index (κ3) is 3.25. The van der Waals surface area contributed by atoms with Crippen LogP contribution < -0.4 is 5.32 Å². The number of rotatable bonds is 4. The smallest absolute Gasteiger partial charge is 0.317 e. The molecule has 2 amide bonds. The molecule has 0 aromatic heterocycles. The molecular formula is C11H18N2O3. The van der Waals surface area contributed by atoms with Crippen molar-refractivity contribution in [1.82, 2.24) is 10.2 Å². The van der Waals surface area contributed by atoms with E-state index in [2.05, 4.69) is 11.9 Å². The first-order valence-electron chi connectivity index (χ1n) is 5.46. The lowest BCUT2D eigenvalue weighted by molar-refractivity contribution is -0.141. The molecular weight excluding hydrogens is 208 g/mol. The zero-order valence-corrected chi connectivity index (χ0v) is 9.53. The number of carboxylic acids is 1. The molecule has 1 saturated heterocycles. The summed E-state index contributed by atoms with van der Waals surface area (Å²) >= 11 is 0. The van der Waals surface area contributed by atoms with E-state index in [1.54, 1.807) is 4.90 Å². The summed E-state index contributed by atoms with van der Waals surface area (Å²) in [5.41, 5.74) is 0.960. The highest BCUT2D eigenvalue weighted by Crippen LogP contribution is 2.16. The quantitative estimate of drug-likeness (QED) is 0.704. The number of hydrogen-bond acceptors (Lipinski definition) is 2. The normalized spacial score (nSPS) is 19.6. The van der Waals surface area contributed by atoms with Gasteiger partial charge in [-0.15, -0.1) is 0 Å². The van der Waals surface area contributed by atoms with Gasteiger partial charge in [-0.3, -0.25) is 4.79 Å². The Kier molecular flexibility index (Phi) is 4.34. The Morgan fingerprint density at radius 1 is 1.56 bits per heavy atom. The third-order valence-corrected chi connectivity index (χ3v) is 2.81. The van der Waals surface area contributed by atoms with E-state index in [1.165, 1.54) is 0 Å². The van der Waals surface area contributed by atoms with E-state index in [9.17, 15) is 9.59 Å². The van der Waals surface area contributed by atoms with Crippen LogP contribution in [0.4, 0.5) is 4.79 Å². The predicted octanol–water partition coefficient (Wildman–Crippen LogP) is 1.07. The lowest BCUT2D eigenvalue weighted by Gasteiger charge is -2.17. The third-order valence-electron chi connectivity index (χ3n) is 2.81. The number of carboxylic acid groups (broad SMARTS) is 1. The maximum absolute atomic E-state index is 11.6. The second kappa shape index (κ2) is 5.53. The van der Waals surface area contributed by atoms with Gasteiger partial charge >= 0.3 is 12.0 Å². The minimum absolute atomic E-state index is 0.196. The standard InChI is InChI=1S/C11H18N2O3/c1-3-8(2)6-12-11(16)13-5-4-9(7-13)10(14)15/h9H,2-7H2,1H3,(H,12,16)(H,14,15). The van der Waals surface area contributed by atoms with Crippen LogP contribution in [0.1, 0.15) is 19.8 Å². The Labute approximate surface area is 95.1 Å². The molecule has 1 rings (SSSR count). The van der Waals surface area contributed by atoms with Gasteiger partial charge in [0, 0.05) is 19.6 Å². The molecule has 1 fully saturated rings. The average Bonchev–Trinajstić information content (AvgIpc) is 2.74. The molecule has 0 bridgehead atoms. The van der Waals surface area contributed by atoms with E-state index in [0.29, 0.717) is 26.1 Å². The molecule has 1 aliphatic rings. The average molecular weight is 226 g/mol. The van der Waals surface area contributed by atoms with Gasteiger partial charge in [-0.2, -0.15) is 0 Å². The Morgan fingerprint density at radius 3 is 2.75 bits per heavy atom. The van der Waals surface area contributed by atoms with Crippen molar-refractivity contribution in [3.63, 3.8) is 0 Å². The zero-order chi connectivity index (χ0) is 12.1. The summed E-state index contributed by atoms with van der Waals surface area (Å²) in [6, 6.07) is -0.196. The number of amides is 2. The van der Waals surface area contributed by atoms with Gasteiger partial charge < -0.3 is 15.3 Å². The zero-order valence-electron chi connectivity index (χ0n) is 9.53. The molecule has 1 heterocycles. The van der Waals surface area contributed by atoms with E-state index in [4.69, 9.17) is 5.11 Å². The molecule has 0 radical (unpaired) electrons. The Balaban J connectivity index is 2.34. The van der Waals surface area contributed by atoms with Gasteiger partial charge in [-0.1, -0.05) is 19.1 Å². The van der Waals surface area contributed by atoms with Crippen LogP contribution in [0.5, 0.6) is 0 Å². The minimum Gasteiger partial charge on any atom is -0.481 e. The molecule has 0 aliphatic carbocycles. The molecule has 5 nitrogen and oxygen atoms in total. The summed E-state index contributed by atoms with van der Waals surface area (Å²) < 4.78 is 0.